The van der Waals surface area contributed by atoms with Crippen LogP contribution in [0.25, 0.3) is 0 Å². The van der Waals surface area contributed by atoms with Crippen LogP contribution in [0.15, 0.2) is 18.2 Å². The second-order valence-electron chi connectivity index (χ2n) is 6.01. The fraction of sp³-hybridized carbons (Fsp3) is 0.500. The van der Waals surface area contributed by atoms with Crippen LogP contribution in [0.5, 0.6) is 5.75 Å². The van der Waals surface area contributed by atoms with Crippen molar-refractivity contribution < 1.29 is 27.5 Å². The number of fused-ring (bicyclic) bond motifs is 1. The predicted octanol–water partition coefficient (Wildman–Crippen LogP) is 1.74. The Hall–Kier alpha value is -2.09. The van der Waals surface area contributed by atoms with Crippen LogP contribution in [0.3, 0.4) is 0 Å². The molecule has 0 bridgehead atoms. The average molecular weight is 342 g/mol. The quantitative estimate of drug-likeness (QED) is 0.786. The van der Waals surface area contributed by atoms with Crippen LogP contribution in [0.4, 0.5) is 13.2 Å². The first-order chi connectivity index (χ1) is 11.3. The maximum Gasteiger partial charge on any atom is 0.406 e. The highest BCUT2D eigenvalue weighted by Gasteiger charge is 2.46. The lowest BCUT2D eigenvalue weighted by Crippen LogP contribution is -2.46. The molecule has 1 atom stereocenters. The van der Waals surface area contributed by atoms with E-state index in [1.165, 1.54) is 0 Å². The Labute approximate surface area is 137 Å². The van der Waals surface area contributed by atoms with Gasteiger partial charge in [-0.25, -0.2) is 0 Å². The van der Waals surface area contributed by atoms with E-state index in [4.69, 9.17) is 4.74 Å². The van der Waals surface area contributed by atoms with E-state index in [9.17, 15) is 22.8 Å². The number of carbonyl (C=O) groups is 2. The molecule has 130 valence electrons. The minimum absolute atomic E-state index is 0.200. The summed E-state index contributed by atoms with van der Waals surface area (Å²) < 4.78 is 42.8. The van der Waals surface area contributed by atoms with Crippen molar-refractivity contribution in [2.75, 3.05) is 20.2 Å². The van der Waals surface area contributed by atoms with Crippen molar-refractivity contribution in [1.29, 1.82) is 0 Å². The summed E-state index contributed by atoms with van der Waals surface area (Å²) in [6.07, 6.45) is -4.10. The molecule has 2 aliphatic rings. The van der Waals surface area contributed by atoms with Crippen LogP contribution in [0, 0.1) is 0 Å². The van der Waals surface area contributed by atoms with Crippen molar-refractivity contribution in [2.45, 2.75) is 31.6 Å². The average Bonchev–Trinajstić information content (AvgIpc) is 2.80. The number of amides is 2. The molecule has 0 aromatic heterocycles. The number of hydrogen-bond acceptors (Lipinski definition) is 4. The summed E-state index contributed by atoms with van der Waals surface area (Å²) in [5.74, 6) is -0.842. The molecule has 1 saturated heterocycles. The third-order valence-corrected chi connectivity index (χ3v) is 4.45. The lowest BCUT2D eigenvalue weighted by Gasteiger charge is -2.32. The lowest BCUT2D eigenvalue weighted by molar-refractivity contribution is -0.166. The number of nitrogens with zero attached hydrogens (tertiary/aromatic N) is 2. The van der Waals surface area contributed by atoms with Crippen molar-refractivity contribution >= 4 is 11.8 Å². The van der Waals surface area contributed by atoms with Gasteiger partial charge in [-0.3, -0.25) is 19.4 Å². The number of halogens is 3. The molecule has 0 spiro atoms. The summed E-state index contributed by atoms with van der Waals surface area (Å²) in [6, 6.07) is 4.84. The van der Waals surface area contributed by atoms with Gasteiger partial charge in [0.05, 0.1) is 19.6 Å². The number of imide groups is 1. The molecular formula is C16H17F3N2O3. The van der Waals surface area contributed by atoms with Gasteiger partial charge < -0.3 is 4.74 Å². The zero-order valence-electron chi connectivity index (χ0n) is 13.1. The van der Waals surface area contributed by atoms with Gasteiger partial charge in [-0.1, -0.05) is 6.07 Å². The van der Waals surface area contributed by atoms with E-state index in [0.717, 1.165) is 11.1 Å². The summed E-state index contributed by atoms with van der Waals surface area (Å²) in [5, 5.41) is 0. The molecule has 0 unspecified atom stereocenters. The lowest BCUT2D eigenvalue weighted by atomic mass is 9.98. The van der Waals surface area contributed by atoms with Crippen molar-refractivity contribution in [3.63, 3.8) is 0 Å². The maximum atomic E-state index is 12.5. The van der Waals surface area contributed by atoms with Gasteiger partial charge in [0, 0.05) is 13.1 Å². The summed E-state index contributed by atoms with van der Waals surface area (Å²) in [5.41, 5.74) is 2.09. The highest BCUT2D eigenvalue weighted by atomic mass is 19.4. The second kappa shape index (κ2) is 6.08. The summed E-state index contributed by atoms with van der Waals surface area (Å²) in [4.78, 5) is 26.2. The van der Waals surface area contributed by atoms with Crippen molar-refractivity contribution in [3.05, 3.63) is 29.3 Å². The number of hydrogen-bond donors (Lipinski definition) is 0. The third-order valence-electron chi connectivity index (χ3n) is 4.45. The molecule has 5 nitrogen and oxygen atoms in total. The minimum Gasteiger partial charge on any atom is -0.497 e. The number of rotatable bonds is 3. The monoisotopic (exact) mass is 342 g/mol. The molecule has 8 heteroatoms. The van der Waals surface area contributed by atoms with Gasteiger partial charge in [0.25, 0.3) is 0 Å². The first kappa shape index (κ1) is 16.8. The van der Waals surface area contributed by atoms with Crippen LogP contribution < -0.4 is 4.74 Å². The van der Waals surface area contributed by atoms with E-state index in [1.807, 2.05) is 18.2 Å². The zero-order chi connectivity index (χ0) is 17.5. The van der Waals surface area contributed by atoms with Crippen LogP contribution in [0.2, 0.25) is 0 Å². The topological polar surface area (TPSA) is 49.9 Å². The first-order valence-electron chi connectivity index (χ1n) is 7.59. The number of carbonyl (C=O) groups excluding carboxylic acids is 2. The third kappa shape index (κ3) is 3.24. The van der Waals surface area contributed by atoms with Crippen LogP contribution in [-0.2, 0) is 22.6 Å². The Kier molecular flexibility index (Phi) is 4.25. The number of ether oxygens (including phenoxy) is 1. The SMILES string of the molecule is COc1ccc2c(c1)CN([C@H]1CC(=O)N(CC(F)(F)F)C1=O)CC2. The molecular weight excluding hydrogens is 325 g/mol. The van der Waals surface area contributed by atoms with Gasteiger partial charge >= 0.3 is 6.18 Å². The van der Waals surface area contributed by atoms with Gasteiger partial charge in [0.2, 0.25) is 11.8 Å². The number of methoxy groups -OCH3 is 1. The van der Waals surface area contributed by atoms with E-state index in [2.05, 4.69) is 0 Å². The molecule has 0 radical (unpaired) electrons. The Morgan fingerprint density at radius 1 is 1.25 bits per heavy atom. The summed E-state index contributed by atoms with van der Waals surface area (Å²) in [7, 11) is 1.55. The van der Waals surface area contributed by atoms with E-state index in [1.54, 1.807) is 12.0 Å². The Morgan fingerprint density at radius 2 is 2.00 bits per heavy atom. The zero-order valence-corrected chi connectivity index (χ0v) is 13.1. The molecule has 1 aromatic rings. The van der Waals surface area contributed by atoms with E-state index in [0.29, 0.717) is 30.2 Å². The molecule has 1 aromatic carbocycles. The van der Waals surface area contributed by atoms with E-state index in [-0.39, 0.29) is 6.42 Å². The van der Waals surface area contributed by atoms with Gasteiger partial charge in [-0.15, -0.1) is 0 Å². The van der Waals surface area contributed by atoms with Gasteiger partial charge in [0.1, 0.15) is 12.3 Å². The predicted molar refractivity (Wildman–Crippen MR) is 78.3 cm³/mol. The Bertz CT molecular complexity index is 675. The van der Waals surface area contributed by atoms with Crippen LogP contribution in [0.1, 0.15) is 17.5 Å². The largest absolute Gasteiger partial charge is 0.497 e. The van der Waals surface area contributed by atoms with Crippen molar-refractivity contribution in [3.8, 4) is 5.75 Å². The second-order valence-corrected chi connectivity index (χ2v) is 6.01. The Balaban J connectivity index is 1.76. The molecule has 2 aliphatic heterocycles. The highest BCUT2D eigenvalue weighted by Crippen LogP contribution is 2.29. The van der Waals surface area contributed by atoms with Gasteiger partial charge in [-0.05, 0) is 29.7 Å². The molecule has 0 N–H and O–H groups in total. The van der Waals surface area contributed by atoms with Crippen molar-refractivity contribution in [1.82, 2.24) is 9.80 Å². The number of alkyl halides is 3. The number of likely N-dealkylation sites (tertiary alicyclic amines) is 1. The standard InChI is InChI=1S/C16H17F3N2O3/c1-24-12-3-2-10-4-5-20(8-11(10)6-12)13-7-14(22)21(15(13)23)9-16(17,18)19/h2-3,6,13H,4-5,7-9H2,1H3/t13-/m0/s1. The maximum absolute atomic E-state index is 12.5. The van der Waals surface area contributed by atoms with Gasteiger partial charge in [-0.2, -0.15) is 13.2 Å². The van der Waals surface area contributed by atoms with Gasteiger partial charge in [0.15, 0.2) is 0 Å². The van der Waals surface area contributed by atoms with E-state index < -0.39 is 30.6 Å². The highest BCUT2D eigenvalue weighted by molar-refractivity contribution is 6.05. The van der Waals surface area contributed by atoms with Crippen LogP contribution in [-0.4, -0.2) is 54.0 Å². The number of benzene rings is 1. The molecule has 24 heavy (non-hydrogen) atoms. The smallest absolute Gasteiger partial charge is 0.406 e. The Morgan fingerprint density at radius 3 is 2.67 bits per heavy atom. The minimum atomic E-state index is -4.58. The summed E-state index contributed by atoms with van der Waals surface area (Å²) in [6.45, 7) is -0.571. The fourth-order valence-electron chi connectivity index (χ4n) is 3.24. The molecule has 2 heterocycles. The fourth-order valence-corrected chi connectivity index (χ4v) is 3.24. The van der Waals surface area contributed by atoms with Crippen LogP contribution >= 0.6 is 0 Å². The summed E-state index contributed by atoms with van der Waals surface area (Å²) >= 11 is 0. The normalized spacial score (nSPS) is 22.0. The van der Waals surface area contributed by atoms with E-state index >= 15 is 0 Å². The van der Waals surface area contributed by atoms with Crippen molar-refractivity contribution in [2.24, 2.45) is 0 Å². The molecule has 1 fully saturated rings. The first-order valence-corrected chi connectivity index (χ1v) is 7.59. The molecule has 2 amide bonds. The molecule has 3 rings (SSSR count). The molecule has 0 aliphatic carbocycles. The molecule has 0 saturated carbocycles.